The average molecular weight is 320 g/mol. The van der Waals surface area contributed by atoms with Gasteiger partial charge in [0.25, 0.3) is 5.91 Å². The van der Waals surface area contributed by atoms with Gasteiger partial charge >= 0.3 is 0 Å². The molecule has 0 saturated carbocycles. The highest BCUT2D eigenvalue weighted by Gasteiger charge is 2.18. The van der Waals surface area contributed by atoms with Crippen LogP contribution in [0.25, 0.3) is 10.9 Å². The lowest BCUT2D eigenvalue weighted by molar-refractivity contribution is 0.102. The molecule has 0 aliphatic rings. The van der Waals surface area contributed by atoms with E-state index in [1.165, 1.54) is 5.56 Å². The molecule has 0 spiro atoms. The second kappa shape index (κ2) is 6.16. The largest absolute Gasteiger partial charge is 0.350 e. The van der Waals surface area contributed by atoms with Gasteiger partial charge in [-0.3, -0.25) is 4.79 Å². The van der Waals surface area contributed by atoms with E-state index in [0.29, 0.717) is 11.6 Å². The molecule has 1 amide bonds. The molecule has 0 unspecified atom stereocenters. The first-order valence-corrected chi connectivity index (χ1v) is 8.38. The van der Waals surface area contributed by atoms with Crippen molar-refractivity contribution in [2.45, 2.75) is 40.5 Å². The van der Waals surface area contributed by atoms with Gasteiger partial charge in [-0.25, -0.2) is 0 Å². The minimum absolute atomic E-state index is 0.0856. The molecule has 0 saturated heterocycles. The number of fused-ring (bicyclic) bond motifs is 1. The Labute approximate surface area is 143 Å². The molecule has 3 rings (SSSR count). The lowest BCUT2D eigenvalue weighted by Crippen LogP contribution is -2.16. The number of aryl methyl sites for hydroxylation is 3. The van der Waals surface area contributed by atoms with Crippen molar-refractivity contribution in [3.63, 3.8) is 0 Å². The summed E-state index contributed by atoms with van der Waals surface area (Å²) in [4.78, 5) is 16.1. The molecule has 0 atom stereocenters. The van der Waals surface area contributed by atoms with Gasteiger partial charge in [-0.15, -0.1) is 0 Å². The number of amides is 1. The first-order chi connectivity index (χ1) is 11.4. The van der Waals surface area contributed by atoms with E-state index in [1.54, 1.807) is 0 Å². The number of nitrogens with one attached hydrogen (secondary N) is 2. The van der Waals surface area contributed by atoms with Crippen molar-refractivity contribution in [3.8, 4) is 0 Å². The number of para-hydroxylation sites is 1. The summed E-state index contributed by atoms with van der Waals surface area (Å²) in [5.41, 5.74) is 6.98. The number of hydrogen-bond donors (Lipinski definition) is 2. The molecule has 24 heavy (non-hydrogen) atoms. The normalized spacial score (nSPS) is 11.2. The molecule has 0 bridgehead atoms. The molecule has 124 valence electrons. The van der Waals surface area contributed by atoms with Crippen LogP contribution >= 0.6 is 0 Å². The van der Waals surface area contributed by atoms with E-state index in [9.17, 15) is 4.79 Å². The summed E-state index contributed by atoms with van der Waals surface area (Å²) in [7, 11) is 0. The van der Waals surface area contributed by atoms with E-state index in [1.807, 2.05) is 32.0 Å². The molecule has 0 fully saturated rings. The Hall–Kier alpha value is -2.55. The maximum absolute atomic E-state index is 12.9. The SMILES string of the molecule is Cc1ccc2[nH]c(C(=O)Nc3c(C)cccc3C(C)C)c(C)c2c1. The van der Waals surface area contributed by atoms with Crippen LogP contribution in [-0.2, 0) is 0 Å². The number of rotatable bonds is 3. The molecule has 0 radical (unpaired) electrons. The summed E-state index contributed by atoms with van der Waals surface area (Å²) in [6, 6.07) is 12.3. The maximum Gasteiger partial charge on any atom is 0.272 e. The second-order valence-electron chi connectivity index (χ2n) is 6.82. The first-order valence-electron chi connectivity index (χ1n) is 8.38. The molecule has 1 heterocycles. The third-order valence-corrected chi connectivity index (χ3v) is 4.61. The fourth-order valence-electron chi connectivity index (χ4n) is 3.19. The zero-order valence-electron chi connectivity index (χ0n) is 14.9. The minimum Gasteiger partial charge on any atom is -0.350 e. The van der Waals surface area contributed by atoms with Crippen LogP contribution < -0.4 is 5.32 Å². The molecule has 3 nitrogen and oxygen atoms in total. The highest BCUT2D eigenvalue weighted by Crippen LogP contribution is 2.29. The van der Waals surface area contributed by atoms with Gasteiger partial charge in [0, 0.05) is 16.6 Å². The van der Waals surface area contributed by atoms with Gasteiger partial charge in [0.15, 0.2) is 0 Å². The summed E-state index contributed by atoms with van der Waals surface area (Å²) in [5.74, 6) is 0.268. The van der Waals surface area contributed by atoms with E-state index in [0.717, 1.165) is 33.3 Å². The third kappa shape index (κ3) is 2.82. The number of hydrogen-bond acceptors (Lipinski definition) is 1. The fraction of sp³-hybridized carbons (Fsp3) is 0.286. The predicted octanol–water partition coefficient (Wildman–Crippen LogP) is 5.47. The van der Waals surface area contributed by atoms with E-state index in [4.69, 9.17) is 0 Å². The third-order valence-electron chi connectivity index (χ3n) is 4.61. The Kier molecular flexibility index (Phi) is 4.18. The molecule has 2 aromatic carbocycles. The Morgan fingerprint density at radius 2 is 1.83 bits per heavy atom. The molecular weight excluding hydrogens is 296 g/mol. The number of aromatic amines is 1. The van der Waals surface area contributed by atoms with Crippen LogP contribution in [0.3, 0.4) is 0 Å². The standard InChI is InChI=1S/C21H24N2O/c1-12(2)16-8-6-7-14(4)19(16)23-21(24)20-15(5)17-11-13(3)9-10-18(17)22-20/h6-12,22H,1-5H3,(H,23,24). The second-order valence-corrected chi connectivity index (χ2v) is 6.82. The maximum atomic E-state index is 12.9. The van der Waals surface area contributed by atoms with Crippen molar-refractivity contribution in [1.82, 2.24) is 4.98 Å². The van der Waals surface area contributed by atoms with Crippen molar-refractivity contribution >= 4 is 22.5 Å². The molecule has 1 aromatic heterocycles. The van der Waals surface area contributed by atoms with Gasteiger partial charge in [0.1, 0.15) is 5.69 Å². The van der Waals surface area contributed by atoms with Gasteiger partial charge in [0.05, 0.1) is 0 Å². The molecular formula is C21H24N2O. The first kappa shape index (κ1) is 16.3. The number of carbonyl (C=O) groups excluding carboxylic acids is 1. The van der Waals surface area contributed by atoms with Crippen LogP contribution in [0, 0.1) is 20.8 Å². The summed E-state index contributed by atoms with van der Waals surface area (Å²) >= 11 is 0. The minimum atomic E-state index is -0.0856. The number of anilines is 1. The van der Waals surface area contributed by atoms with Crippen LogP contribution in [0.4, 0.5) is 5.69 Å². The van der Waals surface area contributed by atoms with E-state index >= 15 is 0 Å². The highest BCUT2D eigenvalue weighted by molar-refractivity contribution is 6.08. The fourth-order valence-corrected chi connectivity index (χ4v) is 3.19. The van der Waals surface area contributed by atoms with Gasteiger partial charge in [-0.1, -0.05) is 43.7 Å². The quantitative estimate of drug-likeness (QED) is 0.660. The molecule has 0 aliphatic heterocycles. The zero-order chi connectivity index (χ0) is 17.4. The van der Waals surface area contributed by atoms with Gasteiger partial charge < -0.3 is 10.3 Å². The van der Waals surface area contributed by atoms with Crippen LogP contribution in [0.1, 0.15) is 52.5 Å². The number of aromatic nitrogens is 1. The van der Waals surface area contributed by atoms with E-state index in [-0.39, 0.29) is 5.91 Å². The number of H-pyrrole nitrogens is 1. The van der Waals surface area contributed by atoms with Gasteiger partial charge in [0.2, 0.25) is 0 Å². The molecule has 3 heteroatoms. The van der Waals surface area contributed by atoms with Crippen LogP contribution in [0.5, 0.6) is 0 Å². The Morgan fingerprint density at radius 3 is 2.54 bits per heavy atom. The monoisotopic (exact) mass is 320 g/mol. The Balaban J connectivity index is 2.01. The van der Waals surface area contributed by atoms with Crippen molar-refractivity contribution in [1.29, 1.82) is 0 Å². The summed E-state index contributed by atoms with van der Waals surface area (Å²) in [6.07, 6.45) is 0. The van der Waals surface area contributed by atoms with Crippen molar-refractivity contribution in [2.75, 3.05) is 5.32 Å². The van der Waals surface area contributed by atoms with Crippen molar-refractivity contribution in [3.05, 3.63) is 64.3 Å². The van der Waals surface area contributed by atoms with E-state index < -0.39 is 0 Å². The Morgan fingerprint density at radius 1 is 1.08 bits per heavy atom. The van der Waals surface area contributed by atoms with E-state index in [2.05, 4.69) is 49.3 Å². The van der Waals surface area contributed by atoms with Gasteiger partial charge in [-0.2, -0.15) is 0 Å². The zero-order valence-corrected chi connectivity index (χ0v) is 14.9. The average Bonchev–Trinajstić information content (AvgIpc) is 2.86. The Bertz CT molecular complexity index is 919. The highest BCUT2D eigenvalue weighted by atomic mass is 16.1. The number of carbonyl (C=O) groups is 1. The van der Waals surface area contributed by atoms with Crippen LogP contribution in [0.15, 0.2) is 36.4 Å². The van der Waals surface area contributed by atoms with Crippen molar-refractivity contribution < 1.29 is 4.79 Å². The smallest absolute Gasteiger partial charge is 0.272 e. The lowest BCUT2D eigenvalue weighted by atomic mass is 9.98. The van der Waals surface area contributed by atoms with Crippen LogP contribution in [0.2, 0.25) is 0 Å². The lowest BCUT2D eigenvalue weighted by Gasteiger charge is -2.16. The topological polar surface area (TPSA) is 44.9 Å². The molecule has 3 aromatic rings. The molecule has 0 aliphatic carbocycles. The summed E-state index contributed by atoms with van der Waals surface area (Å²) in [5, 5.41) is 4.23. The van der Waals surface area contributed by atoms with Crippen LogP contribution in [-0.4, -0.2) is 10.9 Å². The number of benzene rings is 2. The summed E-state index contributed by atoms with van der Waals surface area (Å²) < 4.78 is 0. The van der Waals surface area contributed by atoms with Gasteiger partial charge in [-0.05, 0) is 55.5 Å². The summed E-state index contributed by atoms with van der Waals surface area (Å²) in [6.45, 7) is 10.4. The predicted molar refractivity (Wildman–Crippen MR) is 101 cm³/mol. The molecule has 2 N–H and O–H groups in total. The van der Waals surface area contributed by atoms with Crippen molar-refractivity contribution in [2.24, 2.45) is 0 Å².